The molecule has 128 valence electrons. The van der Waals surface area contributed by atoms with Gasteiger partial charge in [-0.1, -0.05) is 52.2 Å². The van der Waals surface area contributed by atoms with Crippen molar-refractivity contribution in [3.8, 4) is 0 Å². The van der Waals surface area contributed by atoms with Gasteiger partial charge < -0.3 is 4.90 Å². The van der Waals surface area contributed by atoms with Gasteiger partial charge >= 0.3 is 0 Å². The monoisotopic (exact) mass is 315 g/mol. The molecule has 23 heavy (non-hydrogen) atoms. The number of rotatable bonds is 7. The molecule has 1 amide bonds. The Kier molecular flexibility index (Phi) is 7.14. The van der Waals surface area contributed by atoms with E-state index < -0.39 is 0 Å². The van der Waals surface area contributed by atoms with Crippen LogP contribution in [0.4, 0.5) is 0 Å². The highest BCUT2D eigenvalue weighted by atomic mass is 16.2. The van der Waals surface area contributed by atoms with E-state index in [0.717, 1.165) is 37.4 Å². The van der Waals surface area contributed by atoms with E-state index in [-0.39, 0.29) is 5.91 Å². The van der Waals surface area contributed by atoms with Crippen molar-refractivity contribution in [1.82, 2.24) is 4.90 Å². The van der Waals surface area contributed by atoms with E-state index >= 15 is 0 Å². The van der Waals surface area contributed by atoms with Crippen LogP contribution in [0.3, 0.4) is 0 Å². The molecule has 1 aliphatic heterocycles. The highest BCUT2D eigenvalue weighted by molar-refractivity contribution is 5.94. The summed E-state index contributed by atoms with van der Waals surface area (Å²) in [5, 5.41) is 0. The molecule has 1 aromatic carbocycles. The Morgan fingerprint density at radius 2 is 1.61 bits per heavy atom. The fourth-order valence-corrected chi connectivity index (χ4v) is 3.80. The quantitative estimate of drug-likeness (QED) is 0.638. The summed E-state index contributed by atoms with van der Waals surface area (Å²) in [6.07, 6.45) is 8.49. The van der Waals surface area contributed by atoms with Crippen LogP contribution in [0, 0.1) is 5.92 Å². The molecule has 0 aliphatic carbocycles. The molecule has 1 saturated heterocycles. The molecule has 0 aromatic heterocycles. The van der Waals surface area contributed by atoms with Gasteiger partial charge in [-0.3, -0.25) is 4.79 Å². The van der Waals surface area contributed by atoms with E-state index in [1.165, 1.54) is 37.7 Å². The number of piperidine rings is 1. The van der Waals surface area contributed by atoms with Crippen LogP contribution in [0.1, 0.15) is 87.6 Å². The highest BCUT2D eigenvalue weighted by Crippen LogP contribution is 2.27. The molecule has 2 nitrogen and oxygen atoms in total. The molecule has 2 heteroatoms. The molecule has 0 bridgehead atoms. The summed E-state index contributed by atoms with van der Waals surface area (Å²) in [5.41, 5.74) is 2.25. The summed E-state index contributed by atoms with van der Waals surface area (Å²) < 4.78 is 0. The third kappa shape index (κ3) is 4.83. The van der Waals surface area contributed by atoms with Crippen LogP contribution < -0.4 is 0 Å². The molecule has 0 radical (unpaired) electrons. The fourth-order valence-electron chi connectivity index (χ4n) is 3.80. The number of likely N-dealkylation sites (tertiary alicyclic amines) is 1. The maximum absolute atomic E-state index is 12.7. The third-order valence-corrected chi connectivity index (χ3v) is 5.38. The first kappa shape index (κ1) is 18.0. The predicted molar refractivity (Wildman–Crippen MR) is 97.9 cm³/mol. The smallest absolute Gasteiger partial charge is 0.253 e. The third-order valence-electron chi connectivity index (χ3n) is 5.38. The number of amides is 1. The van der Waals surface area contributed by atoms with Gasteiger partial charge in [-0.2, -0.15) is 0 Å². The number of carbonyl (C=O) groups excluding carboxylic acids is 1. The van der Waals surface area contributed by atoms with Gasteiger partial charge in [-0.15, -0.1) is 0 Å². The van der Waals surface area contributed by atoms with E-state index in [4.69, 9.17) is 0 Å². The van der Waals surface area contributed by atoms with E-state index in [9.17, 15) is 4.79 Å². The average Bonchev–Trinajstić information content (AvgIpc) is 2.61. The number of carbonyl (C=O) groups is 1. The van der Waals surface area contributed by atoms with Crippen LogP contribution in [-0.2, 0) is 0 Å². The first-order chi connectivity index (χ1) is 11.2. The lowest BCUT2D eigenvalue weighted by atomic mass is 9.89. The molecule has 1 heterocycles. The van der Waals surface area contributed by atoms with Crippen LogP contribution in [0.25, 0.3) is 0 Å². The van der Waals surface area contributed by atoms with Crippen molar-refractivity contribution in [3.63, 3.8) is 0 Å². The van der Waals surface area contributed by atoms with Gasteiger partial charge in [0, 0.05) is 18.7 Å². The normalized spacial score (nSPS) is 16.1. The minimum absolute atomic E-state index is 0.216. The Bertz CT molecular complexity index is 465. The molecule has 0 unspecified atom stereocenters. The fraction of sp³-hybridized carbons (Fsp3) is 0.667. The summed E-state index contributed by atoms with van der Waals surface area (Å²) >= 11 is 0. The number of hydrogen-bond donors (Lipinski definition) is 0. The Labute approximate surface area is 142 Å². The molecular formula is C21H33NO. The van der Waals surface area contributed by atoms with Crippen LogP contribution >= 0.6 is 0 Å². The SMILES string of the molecule is CCCC(CCC)c1ccc(C(=O)N2CCC(CC)CC2)cc1. The van der Waals surface area contributed by atoms with Crippen molar-refractivity contribution in [2.45, 2.75) is 71.6 Å². The molecule has 1 fully saturated rings. The van der Waals surface area contributed by atoms with Crippen molar-refractivity contribution >= 4 is 5.91 Å². The van der Waals surface area contributed by atoms with Gasteiger partial charge in [0.15, 0.2) is 0 Å². The van der Waals surface area contributed by atoms with Gasteiger partial charge in [0.05, 0.1) is 0 Å². The molecule has 2 rings (SSSR count). The van der Waals surface area contributed by atoms with Crippen LogP contribution in [0.5, 0.6) is 0 Å². The largest absolute Gasteiger partial charge is 0.339 e. The maximum atomic E-state index is 12.7. The Hall–Kier alpha value is -1.31. The Morgan fingerprint density at radius 1 is 1.04 bits per heavy atom. The lowest BCUT2D eigenvalue weighted by molar-refractivity contribution is 0.0689. The summed E-state index contributed by atoms with van der Waals surface area (Å²) in [6, 6.07) is 8.45. The second-order valence-corrected chi connectivity index (χ2v) is 7.04. The van der Waals surface area contributed by atoms with Crippen LogP contribution in [0.15, 0.2) is 24.3 Å². The van der Waals surface area contributed by atoms with Crippen molar-refractivity contribution in [3.05, 3.63) is 35.4 Å². The van der Waals surface area contributed by atoms with E-state index in [1.54, 1.807) is 0 Å². The Balaban J connectivity index is 1.99. The second kappa shape index (κ2) is 9.10. The standard InChI is InChI=1S/C21H33NO/c1-4-7-18(8-5-2)19-9-11-20(12-10-19)21(23)22-15-13-17(6-3)14-16-22/h9-12,17-18H,4-8,13-16H2,1-3H3. The second-order valence-electron chi connectivity index (χ2n) is 7.04. The lowest BCUT2D eigenvalue weighted by Crippen LogP contribution is -2.38. The lowest BCUT2D eigenvalue weighted by Gasteiger charge is -2.31. The predicted octanol–water partition coefficient (Wildman–Crippen LogP) is 5.63. The van der Waals surface area contributed by atoms with Crippen LogP contribution in [-0.4, -0.2) is 23.9 Å². The number of nitrogens with zero attached hydrogens (tertiary/aromatic N) is 1. The molecule has 1 aromatic rings. The van der Waals surface area contributed by atoms with Crippen molar-refractivity contribution < 1.29 is 4.79 Å². The van der Waals surface area contributed by atoms with Crippen molar-refractivity contribution in [1.29, 1.82) is 0 Å². The molecule has 0 N–H and O–H groups in total. The molecule has 0 spiro atoms. The molecule has 0 atom stereocenters. The first-order valence-corrected chi connectivity index (χ1v) is 9.58. The molecule has 1 aliphatic rings. The van der Waals surface area contributed by atoms with E-state index in [2.05, 4.69) is 32.9 Å². The van der Waals surface area contributed by atoms with Gasteiger partial charge in [0.1, 0.15) is 0 Å². The molecular weight excluding hydrogens is 282 g/mol. The summed E-state index contributed by atoms with van der Waals surface area (Å²) in [5.74, 6) is 1.67. The minimum Gasteiger partial charge on any atom is -0.339 e. The molecule has 0 saturated carbocycles. The summed E-state index contributed by atoms with van der Waals surface area (Å²) in [7, 11) is 0. The van der Waals surface area contributed by atoms with Gasteiger partial charge in [0.2, 0.25) is 0 Å². The maximum Gasteiger partial charge on any atom is 0.253 e. The zero-order valence-corrected chi connectivity index (χ0v) is 15.2. The summed E-state index contributed by atoms with van der Waals surface area (Å²) in [4.78, 5) is 14.7. The van der Waals surface area contributed by atoms with E-state index in [1.807, 2.05) is 17.0 Å². The highest BCUT2D eigenvalue weighted by Gasteiger charge is 2.22. The van der Waals surface area contributed by atoms with Crippen molar-refractivity contribution in [2.75, 3.05) is 13.1 Å². The number of benzene rings is 1. The van der Waals surface area contributed by atoms with Gasteiger partial charge in [-0.25, -0.2) is 0 Å². The summed E-state index contributed by atoms with van der Waals surface area (Å²) in [6.45, 7) is 8.60. The van der Waals surface area contributed by atoms with Gasteiger partial charge in [0.25, 0.3) is 5.91 Å². The van der Waals surface area contributed by atoms with E-state index in [0.29, 0.717) is 5.92 Å². The zero-order valence-electron chi connectivity index (χ0n) is 15.2. The van der Waals surface area contributed by atoms with Gasteiger partial charge in [-0.05, 0) is 55.2 Å². The average molecular weight is 316 g/mol. The topological polar surface area (TPSA) is 20.3 Å². The first-order valence-electron chi connectivity index (χ1n) is 9.58. The zero-order chi connectivity index (χ0) is 16.7. The van der Waals surface area contributed by atoms with Crippen molar-refractivity contribution in [2.24, 2.45) is 5.92 Å². The number of hydrogen-bond acceptors (Lipinski definition) is 1. The minimum atomic E-state index is 0.216. The Morgan fingerprint density at radius 3 is 2.09 bits per heavy atom. The van der Waals surface area contributed by atoms with Crippen LogP contribution in [0.2, 0.25) is 0 Å².